The van der Waals surface area contributed by atoms with Crippen molar-refractivity contribution in [2.45, 2.75) is 13.5 Å². The third-order valence-corrected chi connectivity index (χ3v) is 3.76. The summed E-state index contributed by atoms with van der Waals surface area (Å²) in [6.45, 7) is 1.75. The van der Waals surface area contributed by atoms with Crippen molar-refractivity contribution in [2.75, 3.05) is 0 Å². The third-order valence-electron chi connectivity index (χ3n) is 3.23. The second-order valence-electron chi connectivity index (χ2n) is 4.85. The minimum atomic E-state index is 0.0238. The molecule has 1 heterocycles. The standard InChI is InChI=1S/C16H13BrN4O2/c1-11(22)12-2-8-15(9-3-12)23-10-16-18-19-20-21(16)14-6-4-13(17)5-7-14/h2-9H,10H2,1H3. The fourth-order valence-electron chi connectivity index (χ4n) is 2.01. The van der Waals surface area contributed by atoms with Crippen LogP contribution in [0.25, 0.3) is 5.69 Å². The molecule has 0 radical (unpaired) electrons. The van der Waals surface area contributed by atoms with Gasteiger partial charge in [-0.2, -0.15) is 4.68 Å². The van der Waals surface area contributed by atoms with Gasteiger partial charge < -0.3 is 4.74 Å². The van der Waals surface area contributed by atoms with Crippen molar-refractivity contribution >= 4 is 21.7 Å². The summed E-state index contributed by atoms with van der Waals surface area (Å²) < 4.78 is 8.29. The number of carbonyl (C=O) groups is 1. The molecule has 0 bridgehead atoms. The number of ketones is 1. The van der Waals surface area contributed by atoms with Crippen LogP contribution in [0.5, 0.6) is 5.75 Å². The Morgan fingerprint density at radius 2 is 1.83 bits per heavy atom. The highest BCUT2D eigenvalue weighted by Gasteiger charge is 2.09. The molecular formula is C16H13BrN4O2. The van der Waals surface area contributed by atoms with Crippen molar-refractivity contribution in [2.24, 2.45) is 0 Å². The summed E-state index contributed by atoms with van der Waals surface area (Å²) in [5, 5.41) is 11.7. The number of benzene rings is 2. The Kier molecular flexibility index (Phi) is 4.47. The Morgan fingerprint density at radius 1 is 1.13 bits per heavy atom. The number of rotatable bonds is 5. The maximum absolute atomic E-state index is 11.3. The monoisotopic (exact) mass is 372 g/mol. The first-order chi connectivity index (χ1) is 11.1. The maximum Gasteiger partial charge on any atom is 0.194 e. The van der Waals surface area contributed by atoms with E-state index in [9.17, 15) is 4.79 Å². The number of aromatic nitrogens is 4. The van der Waals surface area contributed by atoms with E-state index in [1.54, 1.807) is 28.9 Å². The zero-order valence-corrected chi connectivity index (χ0v) is 13.9. The summed E-state index contributed by atoms with van der Waals surface area (Å²) in [7, 11) is 0. The van der Waals surface area contributed by atoms with E-state index in [1.807, 2.05) is 24.3 Å². The lowest BCUT2D eigenvalue weighted by atomic mass is 10.1. The van der Waals surface area contributed by atoms with Gasteiger partial charge in [0, 0.05) is 10.0 Å². The van der Waals surface area contributed by atoms with Crippen LogP contribution in [-0.2, 0) is 6.61 Å². The Balaban J connectivity index is 1.73. The van der Waals surface area contributed by atoms with Gasteiger partial charge in [-0.3, -0.25) is 4.79 Å². The molecule has 0 aliphatic heterocycles. The fourth-order valence-corrected chi connectivity index (χ4v) is 2.28. The predicted molar refractivity (Wildman–Crippen MR) is 87.6 cm³/mol. The highest BCUT2D eigenvalue weighted by Crippen LogP contribution is 2.16. The molecule has 7 heteroatoms. The lowest BCUT2D eigenvalue weighted by molar-refractivity contribution is 0.101. The van der Waals surface area contributed by atoms with Crippen LogP contribution in [0.2, 0.25) is 0 Å². The minimum absolute atomic E-state index is 0.0238. The summed E-state index contributed by atoms with van der Waals surface area (Å²) >= 11 is 3.39. The van der Waals surface area contributed by atoms with E-state index in [-0.39, 0.29) is 12.4 Å². The van der Waals surface area contributed by atoms with Crippen LogP contribution in [0.15, 0.2) is 53.0 Å². The van der Waals surface area contributed by atoms with Gasteiger partial charge in [0.25, 0.3) is 0 Å². The van der Waals surface area contributed by atoms with E-state index in [4.69, 9.17) is 4.74 Å². The number of ether oxygens (including phenoxy) is 1. The maximum atomic E-state index is 11.3. The first-order valence-electron chi connectivity index (χ1n) is 6.90. The molecule has 0 N–H and O–H groups in total. The molecule has 3 rings (SSSR count). The molecule has 116 valence electrons. The number of nitrogens with zero attached hydrogens (tertiary/aromatic N) is 4. The molecule has 3 aromatic rings. The number of hydrogen-bond acceptors (Lipinski definition) is 5. The van der Waals surface area contributed by atoms with E-state index in [2.05, 4.69) is 31.5 Å². The second kappa shape index (κ2) is 6.70. The molecule has 0 atom stereocenters. The quantitative estimate of drug-likeness (QED) is 0.643. The number of hydrogen-bond donors (Lipinski definition) is 0. The number of Topliss-reactive ketones (excluding diaryl/α,β-unsaturated/α-hetero) is 1. The van der Waals surface area contributed by atoms with Gasteiger partial charge in [0.15, 0.2) is 11.6 Å². The van der Waals surface area contributed by atoms with Crippen LogP contribution in [0.1, 0.15) is 23.1 Å². The summed E-state index contributed by atoms with van der Waals surface area (Å²) in [5.74, 6) is 1.26. The van der Waals surface area contributed by atoms with Crippen molar-refractivity contribution in [1.29, 1.82) is 0 Å². The van der Waals surface area contributed by atoms with Gasteiger partial charge in [0.2, 0.25) is 0 Å². The van der Waals surface area contributed by atoms with Crippen molar-refractivity contribution < 1.29 is 9.53 Å². The van der Waals surface area contributed by atoms with Gasteiger partial charge in [-0.1, -0.05) is 15.9 Å². The van der Waals surface area contributed by atoms with Crippen LogP contribution in [0, 0.1) is 0 Å². The lowest BCUT2D eigenvalue weighted by Crippen LogP contribution is -2.07. The first kappa shape index (κ1) is 15.4. The van der Waals surface area contributed by atoms with Crippen molar-refractivity contribution in [3.8, 4) is 11.4 Å². The Hall–Kier alpha value is -2.54. The van der Waals surface area contributed by atoms with E-state index < -0.39 is 0 Å². The van der Waals surface area contributed by atoms with Crippen LogP contribution in [0.4, 0.5) is 0 Å². The van der Waals surface area contributed by atoms with Gasteiger partial charge in [-0.25, -0.2) is 0 Å². The molecule has 2 aromatic carbocycles. The molecular weight excluding hydrogens is 360 g/mol. The molecule has 23 heavy (non-hydrogen) atoms. The van der Waals surface area contributed by atoms with Gasteiger partial charge in [0.1, 0.15) is 12.4 Å². The predicted octanol–water partition coefficient (Wildman–Crippen LogP) is 3.21. The number of tetrazole rings is 1. The van der Waals surface area contributed by atoms with Crippen molar-refractivity contribution in [1.82, 2.24) is 20.2 Å². The highest BCUT2D eigenvalue weighted by molar-refractivity contribution is 9.10. The van der Waals surface area contributed by atoms with E-state index in [0.717, 1.165) is 10.2 Å². The van der Waals surface area contributed by atoms with Gasteiger partial charge >= 0.3 is 0 Å². The SMILES string of the molecule is CC(=O)c1ccc(OCc2nnnn2-c2ccc(Br)cc2)cc1. The van der Waals surface area contributed by atoms with E-state index >= 15 is 0 Å². The zero-order chi connectivity index (χ0) is 16.2. The van der Waals surface area contributed by atoms with Crippen LogP contribution in [-0.4, -0.2) is 26.0 Å². The normalized spacial score (nSPS) is 10.5. The largest absolute Gasteiger partial charge is 0.486 e. The molecule has 0 fully saturated rings. The molecule has 0 saturated carbocycles. The van der Waals surface area contributed by atoms with E-state index in [1.165, 1.54) is 6.92 Å². The molecule has 0 unspecified atom stereocenters. The van der Waals surface area contributed by atoms with Crippen LogP contribution >= 0.6 is 15.9 Å². The molecule has 6 nitrogen and oxygen atoms in total. The van der Waals surface area contributed by atoms with Crippen molar-refractivity contribution in [3.63, 3.8) is 0 Å². The minimum Gasteiger partial charge on any atom is -0.486 e. The molecule has 1 aromatic heterocycles. The molecule has 0 saturated heterocycles. The average molecular weight is 373 g/mol. The smallest absolute Gasteiger partial charge is 0.194 e. The second-order valence-corrected chi connectivity index (χ2v) is 5.77. The molecule has 0 aliphatic rings. The molecule has 0 amide bonds. The van der Waals surface area contributed by atoms with Gasteiger partial charge in [0.05, 0.1) is 5.69 Å². The van der Waals surface area contributed by atoms with Crippen LogP contribution in [0.3, 0.4) is 0 Å². The summed E-state index contributed by atoms with van der Waals surface area (Å²) in [4.78, 5) is 11.3. The lowest BCUT2D eigenvalue weighted by Gasteiger charge is -2.07. The molecule has 0 spiro atoms. The summed E-state index contributed by atoms with van der Waals surface area (Å²) in [5.41, 5.74) is 1.50. The molecule has 0 aliphatic carbocycles. The Labute approximate surface area is 141 Å². The van der Waals surface area contributed by atoms with Gasteiger partial charge in [-0.05, 0) is 65.9 Å². The van der Waals surface area contributed by atoms with E-state index in [0.29, 0.717) is 17.1 Å². The topological polar surface area (TPSA) is 69.9 Å². The number of halogens is 1. The zero-order valence-electron chi connectivity index (χ0n) is 12.3. The first-order valence-corrected chi connectivity index (χ1v) is 7.70. The van der Waals surface area contributed by atoms with Crippen molar-refractivity contribution in [3.05, 3.63) is 64.4 Å². The Morgan fingerprint density at radius 3 is 2.48 bits per heavy atom. The Bertz CT molecular complexity index is 813. The average Bonchev–Trinajstić information content (AvgIpc) is 3.02. The highest BCUT2D eigenvalue weighted by atomic mass is 79.9. The summed E-state index contributed by atoms with van der Waals surface area (Å²) in [6.07, 6.45) is 0. The van der Waals surface area contributed by atoms with Gasteiger partial charge in [-0.15, -0.1) is 5.10 Å². The third kappa shape index (κ3) is 3.62. The fraction of sp³-hybridized carbons (Fsp3) is 0.125. The van der Waals surface area contributed by atoms with Crippen LogP contribution < -0.4 is 4.74 Å². The number of carbonyl (C=O) groups excluding carboxylic acids is 1. The summed E-state index contributed by atoms with van der Waals surface area (Å²) in [6, 6.07) is 14.6.